The Morgan fingerprint density at radius 1 is 0.808 bits per heavy atom. The molecule has 0 radical (unpaired) electrons. The second-order valence-corrected chi connectivity index (χ2v) is 8.67. The van der Waals surface area contributed by atoms with Gasteiger partial charge in [0.25, 0.3) is 0 Å². The fourth-order valence-electron chi connectivity index (χ4n) is 4.82. The summed E-state index contributed by atoms with van der Waals surface area (Å²) in [5, 5.41) is 0. The minimum atomic E-state index is -4.13. The summed E-state index contributed by atoms with van der Waals surface area (Å²) in [6.07, 6.45) is 14.8. The molecule has 0 spiro atoms. The summed E-state index contributed by atoms with van der Waals surface area (Å²) in [6, 6.07) is 0. The van der Waals surface area contributed by atoms with E-state index in [-0.39, 0.29) is 5.92 Å². The van der Waals surface area contributed by atoms with Crippen molar-refractivity contribution in [1.29, 1.82) is 0 Å². The highest BCUT2D eigenvalue weighted by Crippen LogP contribution is 2.48. The lowest BCUT2D eigenvalue weighted by Gasteiger charge is -2.36. The molecular formula is C22H30F4. The molecule has 0 heterocycles. The van der Waals surface area contributed by atoms with Crippen LogP contribution in [0.2, 0.25) is 0 Å². The topological polar surface area (TPSA) is 0 Å². The molecule has 0 bridgehead atoms. The molecule has 2 fully saturated rings. The molecule has 0 unspecified atom stereocenters. The molecule has 0 aromatic rings. The van der Waals surface area contributed by atoms with Crippen molar-refractivity contribution in [2.75, 3.05) is 0 Å². The van der Waals surface area contributed by atoms with E-state index in [1.807, 2.05) is 0 Å². The summed E-state index contributed by atoms with van der Waals surface area (Å²) < 4.78 is 55.7. The van der Waals surface area contributed by atoms with Gasteiger partial charge in [-0.1, -0.05) is 44.1 Å². The van der Waals surface area contributed by atoms with Crippen LogP contribution in [-0.2, 0) is 0 Å². The van der Waals surface area contributed by atoms with E-state index in [9.17, 15) is 17.6 Å². The van der Waals surface area contributed by atoms with Crippen molar-refractivity contribution in [1.82, 2.24) is 0 Å². The Bertz CT molecular complexity index is 583. The number of hydrogen-bond acceptors (Lipinski definition) is 0. The van der Waals surface area contributed by atoms with Gasteiger partial charge in [-0.05, 0) is 69.1 Å². The van der Waals surface area contributed by atoms with E-state index >= 15 is 0 Å². The lowest BCUT2D eigenvalue weighted by Crippen LogP contribution is -2.44. The second-order valence-electron chi connectivity index (χ2n) is 8.67. The molecule has 3 aliphatic rings. The summed E-state index contributed by atoms with van der Waals surface area (Å²) in [7, 11) is 0. The lowest BCUT2D eigenvalue weighted by molar-refractivity contribution is -0.160. The van der Waals surface area contributed by atoms with E-state index in [1.54, 1.807) is 6.08 Å². The largest absolute Gasteiger partial charge is 0.339 e. The number of hydrogen-bond donors (Lipinski definition) is 0. The molecule has 0 atom stereocenters. The van der Waals surface area contributed by atoms with E-state index in [2.05, 4.69) is 6.92 Å². The van der Waals surface area contributed by atoms with Crippen molar-refractivity contribution in [3.8, 4) is 0 Å². The minimum absolute atomic E-state index is 0.228. The predicted molar refractivity (Wildman–Crippen MR) is 97.4 cm³/mol. The van der Waals surface area contributed by atoms with Crippen LogP contribution in [-0.4, -0.2) is 11.8 Å². The Labute approximate surface area is 154 Å². The lowest BCUT2D eigenvalue weighted by atomic mass is 9.69. The monoisotopic (exact) mass is 370 g/mol. The Balaban J connectivity index is 1.56. The van der Waals surface area contributed by atoms with Crippen LogP contribution >= 0.6 is 0 Å². The number of allylic oxidation sites excluding steroid dienone is 6. The summed E-state index contributed by atoms with van der Waals surface area (Å²) in [5.74, 6) is -5.56. The van der Waals surface area contributed by atoms with Gasteiger partial charge in [0.2, 0.25) is 0 Å². The molecule has 3 aliphatic carbocycles. The molecule has 0 saturated heterocycles. The molecule has 0 aromatic carbocycles. The fraction of sp³-hybridized carbons (Fsp3) is 0.727. The zero-order valence-electron chi connectivity index (χ0n) is 15.8. The summed E-state index contributed by atoms with van der Waals surface area (Å²) in [5.41, 5.74) is -1.15. The second kappa shape index (κ2) is 7.52. The van der Waals surface area contributed by atoms with Crippen molar-refractivity contribution in [3.05, 3.63) is 35.5 Å². The highest BCUT2D eigenvalue weighted by atomic mass is 19.3. The molecule has 0 aliphatic heterocycles. The van der Waals surface area contributed by atoms with Gasteiger partial charge >= 0.3 is 11.8 Å². The van der Waals surface area contributed by atoms with E-state index in [1.165, 1.54) is 31.8 Å². The number of alkyl halides is 4. The van der Waals surface area contributed by atoms with Gasteiger partial charge in [0.1, 0.15) is 0 Å². The van der Waals surface area contributed by atoms with Crippen molar-refractivity contribution in [2.24, 2.45) is 23.7 Å². The maximum atomic E-state index is 14.1. The first-order valence-corrected chi connectivity index (χ1v) is 10.0. The number of halogens is 4. The quantitative estimate of drug-likeness (QED) is 0.456. The summed E-state index contributed by atoms with van der Waals surface area (Å²) in [4.78, 5) is 0. The Kier molecular flexibility index (Phi) is 5.69. The van der Waals surface area contributed by atoms with Crippen LogP contribution in [0, 0.1) is 23.7 Å². The van der Waals surface area contributed by atoms with Gasteiger partial charge in [-0.25, -0.2) is 0 Å². The van der Waals surface area contributed by atoms with Crippen LogP contribution in [0.1, 0.15) is 65.2 Å². The molecule has 2 saturated carbocycles. The van der Waals surface area contributed by atoms with Crippen LogP contribution in [0.3, 0.4) is 0 Å². The number of rotatable bonds is 3. The van der Waals surface area contributed by atoms with Crippen LogP contribution in [0.25, 0.3) is 0 Å². The summed E-state index contributed by atoms with van der Waals surface area (Å²) >= 11 is 0. The van der Waals surface area contributed by atoms with Gasteiger partial charge < -0.3 is 0 Å². The third-order valence-corrected chi connectivity index (χ3v) is 6.86. The van der Waals surface area contributed by atoms with Gasteiger partial charge in [0.05, 0.1) is 0 Å². The summed E-state index contributed by atoms with van der Waals surface area (Å²) in [6.45, 7) is 3.38. The predicted octanol–water partition coefficient (Wildman–Crippen LogP) is 7.33. The van der Waals surface area contributed by atoms with Gasteiger partial charge in [-0.3, -0.25) is 0 Å². The fourth-order valence-corrected chi connectivity index (χ4v) is 4.82. The Hall–Kier alpha value is -1.06. The molecule has 0 nitrogen and oxygen atoms in total. The first kappa shape index (κ1) is 19.7. The van der Waals surface area contributed by atoms with Crippen LogP contribution in [0.4, 0.5) is 17.6 Å². The maximum absolute atomic E-state index is 14.1. The highest BCUT2D eigenvalue weighted by Gasteiger charge is 2.60. The average molecular weight is 370 g/mol. The molecular weight excluding hydrogens is 340 g/mol. The molecule has 146 valence electrons. The third kappa shape index (κ3) is 3.80. The van der Waals surface area contributed by atoms with Crippen molar-refractivity contribution in [2.45, 2.75) is 77.1 Å². The molecule has 3 rings (SSSR count). The van der Waals surface area contributed by atoms with E-state index in [0.29, 0.717) is 0 Å². The van der Waals surface area contributed by atoms with E-state index in [4.69, 9.17) is 0 Å². The molecule has 0 N–H and O–H groups in total. The zero-order chi connectivity index (χ0) is 18.9. The average Bonchev–Trinajstić information content (AvgIpc) is 2.61. The minimum Gasteiger partial charge on any atom is -0.194 e. The van der Waals surface area contributed by atoms with Gasteiger partial charge in [-0.2, -0.15) is 17.6 Å². The first-order chi connectivity index (χ1) is 12.2. The SMILES string of the molecule is CC1=CC=C(/C=C/C2CCC(C3CCC(C)CC3)CC2)C(F)(F)C1(F)F. The highest BCUT2D eigenvalue weighted by molar-refractivity contribution is 5.42. The zero-order valence-corrected chi connectivity index (χ0v) is 15.8. The van der Waals surface area contributed by atoms with E-state index in [0.717, 1.165) is 62.5 Å². The van der Waals surface area contributed by atoms with Crippen LogP contribution in [0.5, 0.6) is 0 Å². The van der Waals surface area contributed by atoms with Gasteiger partial charge in [0, 0.05) is 11.1 Å². The van der Waals surface area contributed by atoms with Crippen molar-refractivity contribution in [3.63, 3.8) is 0 Å². The molecule has 0 aromatic heterocycles. The van der Waals surface area contributed by atoms with Crippen molar-refractivity contribution < 1.29 is 17.6 Å². The third-order valence-electron chi connectivity index (χ3n) is 6.86. The van der Waals surface area contributed by atoms with Crippen LogP contribution < -0.4 is 0 Å². The maximum Gasteiger partial charge on any atom is 0.339 e. The Morgan fingerprint density at radius 3 is 1.92 bits per heavy atom. The van der Waals surface area contributed by atoms with Gasteiger partial charge in [-0.15, -0.1) is 0 Å². The van der Waals surface area contributed by atoms with E-state index < -0.39 is 23.0 Å². The smallest absolute Gasteiger partial charge is 0.194 e. The normalized spacial score (nSPS) is 37.3. The standard InChI is InChI=1S/C22H30F4/c1-15-3-9-18(10-4-15)19-11-6-17(7-12-19)8-14-20-13-5-16(2)21(23,24)22(20,25)26/h5,8,13-15,17-19H,3-4,6-7,9-12H2,1-2H3/b14-8+. The molecule has 4 heteroatoms. The van der Waals surface area contributed by atoms with Crippen molar-refractivity contribution >= 4 is 0 Å². The Morgan fingerprint density at radius 2 is 1.35 bits per heavy atom. The first-order valence-electron chi connectivity index (χ1n) is 10.0. The van der Waals surface area contributed by atoms with Crippen LogP contribution in [0.15, 0.2) is 35.5 Å². The molecule has 0 amide bonds. The molecule has 26 heavy (non-hydrogen) atoms. The van der Waals surface area contributed by atoms with Gasteiger partial charge in [0.15, 0.2) is 0 Å².